The Morgan fingerprint density at radius 2 is 2.00 bits per heavy atom. The quantitative estimate of drug-likeness (QED) is 0.640. The highest BCUT2D eigenvalue weighted by Crippen LogP contribution is 2.24. The molecule has 0 bridgehead atoms. The molecule has 0 aromatic heterocycles. The number of primary amides is 1. The zero-order chi connectivity index (χ0) is 23.3. The molecule has 1 atom stereocenters. The first-order valence-corrected chi connectivity index (χ1v) is 10.1. The fraction of sp³-hybridized carbons (Fsp3) is 0.476. The number of ether oxygens (including phenoxy) is 2. The van der Waals surface area contributed by atoms with E-state index in [1.54, 1.807) is 27.9 Å². The van der Waals surface area contributed by atoms with Gasteiger partial charge in [-0.3, -0.25) is 9.79 Å². The van der Waals surface area contributed by atoms with Gasteiger partial charge in [0.2, 0.25) is 0 Å². The number of nitrogens with two attached hydrogens (primary N) is 2. The summed E-state index contributed by atoms with van der Waals surface area (Å²) >= 11 is 5.85. The fourth-order valence-corrected chi connectivity index (χ4v) is 3.24. The minimum absolute atomic E-state index is 0.00956. The normalized spacial score (nSPS) is 17.7. The van der Waals surface area contributed by atoms with Gasteiger partial charge >= 0.3 is 6.09 Å². The highest BCUT2D eigenvalue weighted by molar-refractivity contribution is 6.31. The van der Waals surface area contributed by atoms with E-state index in [2.05, 4.69) is 4.99 Å². The van der Waals surface area contributed by atoms with Crippen molar-refractivity contribution in [1.29, 1.82) is 0 Å². The zero-order valence-corrected chi connectivity index (χ0v) is 18.8. The van der Waals surface area contributed by atoms with E-state index in [1.807, 2.05) is 0 Å². The molecule has 0 fully saturated rings. The lowest BCUT2D eigenvalue weighted by Crippen LogP contribution is -2.48. The van der Waals surface area contributed by atoms with E-state index in [-0.39, 0.29) is 41.1 Å². The lowest BCUT2D eigenvalue weighted by Gasteiger charge is -2.33. The lowest BCUT2D eigenvalue weighted by atomic mass is 9.99. The Morgan fingerprint density at radius 1 is 1.32 bits per heavy atom. The Morgan fingerprint density at radius 3 is 2.55 bits per heavy atom. The molecular weight excluding hydrogens is 427 g/mol. The van der Waals surface area contributed by atoms with Gasteiger partial charge in [-0.05, 0) is 51.0 Å². The summed E-state index contributed by atoms with van der Waals surface area (Å²) in [7, 11) is 1.56. The van der Waals surface area contributed by atoms with Crippen LogP contribution in [0.5, 0.6) is 0 Å². The third-order valence-corrected chi connectivity index (χ3v) is 4.74. The second kappa shape index (κ2) is 10.1. The lowest BCUT2D eigenvalue weighted by molar-refractivity contribution is -0.114. The Kier molecular flexibility index (Phi) is 8.02. The predicted octanol–water partition coefficient (Wildman–Crippen LogP) is 2.73. The maximum atomic E-state index is 13.5. The van der Waals surface area contributed by atoms with Crippen molar-refractivity contribution < 1.29 is 23.5 Å². The number of hydrogen-bond acceptors (Lipinski definition) is 6. The molecule has 2 rings (SSSR count). The van der Waals surface area contributed by atoms with E-state index in [4.69, 9.17) is 32.5 Å². The molecule has 0 saturated carbocycles. The Balaban J connectivity index is 2.49. The van der Waals surface area contributed by atoms with Crippen LogP contribution in [-0.4, -0.2) is 61.1 Å². The van der Waals surface area contributed by atoms with Crippen LogP contribution in [0.1, 0.15) is 32.8 Å². The molecule has 0 aliphatic carbocycles. The summed E-state index contributed by atoms with van der Waals surface area (Å²) < 4.78 is 24.1. The summed E-state index contributed by atoms with van der Waals surface area (Å²) in [5, 5.41) is -0.150. The molecule has 0 radical (unpaired) electrons. The van der Waals surface area contributed by atoms with E-state index < -0.39 is 23.4 Å². The van der Waals surface area contributed by atoms with Gasteiger partial charge in [-0.15, -0.1) is 0 Å². The average molecular weight is 455 g/mol. The number of aliphatic imine (C=N–C) groups is 1. The highest BCUT2D eigenvalue weighted by atomic mass is 35.5. The molecule has 4 N–H and O–H groups in total. The van der Waals surface area contributed by atoms with Crippen LogP contribution in [0.4, 0.5) is 9.18 Å². The third-order valence-electron chi connectivity index (χ3n) is 4.45. The SMILES string of the molecule is COCCC1CN(C(=O)OC(C)(C)C)CC(C(C(N)=O)=C(N)c2ccc(F)c(Cl)c2)=N1. The molecular formula is C21H28ClFN4O4. The van der Waals surface area contributed by atoms with Gasteiger partial charge in [0.1, 0.15) is 11.4 Å². The molecule has 1 unspecified atom stereocenters. The summed E-state index contributed by atoms with van der Waals surface area (Å²) in [5.41, 5.74) is 11.6. The maximum absolute atomic E-state index is 13.5. The molecule has 0 spiro atoms. The molecule has 31 heavy (non-hydrogen) atoms. The van der Waals surface area contributed by atoms with Crippen molar-refractivity contribution in [1.82, 2.24) is 4.90 Å². The van der Waals surface area contributed by atoms with Crippen molar-refractivity contribution in [2.24, 2.45) is 16.5 Å². The number of carbonyl (C=O) groups excluding carboxylic acids is 2. The maximum Gasteiger partial charge on any atom is 0.410 e. The van der Waals surface area contributed by atoms with Crippen molar-refractivity contribution in [3.05, 3.63) is 40.2 Å². The van der Waals surface area contributed by atoms with E-state index in [9.17, 15) is 14.0 Å². The fourth-order valence-electron chi connectivity index (χ4n) is 3.06. The van der Waals surface area contributed by atoms with Gasteiger partial charge in [-0.2, -0.15) is 0 Å². The molecule has 1 aliphatic rings. The summed E-state index contributed by atoms with van der Waals surface area (Å²) in [4.78, 5) is 31.1. The molecule has 0 saturated heterocycles. The number of rotatable bonds is 6. The first kappa shape index (κ1) is 24.6. The number of hydrogen-bond donors (Lipinski definition) is 2. The number of benzene rings is 1. The summed E-state index contributed by atoms with van der Waals surface area (Å²) in [6.07, 6.45) is -0.0392. The molecule has 2 amide bonds. The minimum atomic E-state index is -0.826. The van der Waals surface area contributed by atoms with Crippen molar-refractivity contribution >= 4 is 35.0 Å². The van der Waals surface area contributed by atoms with Gasteiger partial charge in [0.15, 0.2) is 0 Å². The van der Waals surface area contributed by atoms with Crippen LogP contribution in [0.2, 0.25) is 5.02 Å². The Labute approximate surface area is 186 Å². The van der Waals surface area contributed by atoms with Crippen molar-refractivity contribution in [3.8, 4) is 0 Å². The summed E-state index contributed by atoms with van der Waals surface area (Å²) in [6, 6.07) is 3.47. The standard InChI is InChI=1S/C21H28ClFN4O4/c1-21(2,3)31-20(29)27-10-13(7-8-30-4)26-16(11-27)17(19(25)28)18(24)12-5-6-15(23)14(22)9-12/h5-6,9,13H,7-8,10-11,24H2,1-4H3,(H2,25,28). The van der Waals surface area contributed by atoms with Crippen LogP contribution in [0, 0.1) is 5.82 Å². The van der Waals surface area contributed by atoms with Gasteiger partial charge in [0.25, 0.3) is 5.91 Å². The molecule has 1 heterocycles. The Bertz CT molecular complexity index is 911. The van der Waals surface area contributed by atoms with E-state index in [1.165, 1.54) is 17.0 Å². The number of carbonyl (C=O) groups is 2. The zero-order valence-electron chi connectivity index (χ0n) is 18.1. The Hall–Kier alpha value is -2.65. The van der Waals surface area contributed by atoms with Crippen LogP contribution >= 0.6 is 11.6 Å². The number of amides is 2. The van der Waals surface area contributed by atoms with E-state index >= 15 is 0 Å². The third kappa shape index (κ3) is 6.67. The van der Waals surface area contributed by atoms with Crippen molar-refractivity contribution in [2.75, 3.05) is 26.8 Å². The number of nitrogens with zero attached hydrogens (tertiary/aromatic N) is 2. The molecule has 8 nitrogen and oxygen atoms in total. The number of halogens is 2. The summed E-state index contributed by atoms with van der Waals surface area (Å²) in [6.45, 7) is 5.95. The largest absolute Gasteiger partial charge is 0.444 e. The molecule has 1 aromatic carbocycles. The monoisotopic (exact) mass is 454 g/mol. The highest BCUT2D eigenvalue weighted by Gasteiger charge is 2.32. The van der Waals surface area contributed by atoms with Crippen LogP contribution in [0.3, 0.4) is 0 Å². The van der Waals surface area contributed by atoms with Gasteiger partial charge < -0.3 is 25.8 Å². The molecule has 10 heteroatoms. The van der Waals surface area contributed by atoms with E-state index in [0.717, 1.165) is 6.07 Å². The first-order chi connectivity index (χ1) is 14.4. The first-order valence-electron chi connectivity index (χ1n) is 9.71. The summed E-state index contributed by atoms with van der Waals surface area (Å²) in [5.74, 6) is -1.45. The number of methoxy groups -OCH3 is 1. The van der Waals surface area contributed by atoms with Crippen molar-refractivity contribution in [2.45, 2.75) is 38.8 Å². The van der Waals surface area contributed by atoms with Crippen LogP contribution in [-0.2, 0) is 14.3 Å². The van der Waals surface area contributed by atoms with Gasteiger partial charge in [-0.25, -0.2) is 9.18 Å². The van der Waals surface area contributed by atoms with Crippen molar-refractivity contribution in [3.63, 3.8) is 0 Å². The second-order valence-corrected chi connectivity index (χ2v) is 8.56. The van der Waals surface area contributed by atoms with Gasteiger partial charge in [-0.1, -0.05) is 11.6 Å². The van der Waals surface area contributed by atoms with Crippen LogP contribution in [0.15, 0.2) is 28.8 Å². The minimum Gasteiger partial charge on any atom is -0.444 e. The molecule has 170 valence electrons. The van der Waals surface area contributed by atoms with E-state index in [0.29, 0.717) is 18.6 Å². The smallest absolute Gasteiger partial charge is 0.410 e. The van der Waals surface area contributed by atoms with Crippen LogP contribution < -0.4 is 11.5 Å². The molecule has 1 aliphatic heterocycles. The van der Waals surface area contributed by atoms with Gasteiger partial charge in [0.05, 0.1) is 34.6 Å². The predicted molar refractivity (Wildman–Crippen MR) is 117 cm³/mol. The molecule has 1 aromatic rings. The second-order valence-electron chi connectivity index (χ2n) is 8.15. The van der Waals surface area contributed by atoms with Crippen LogP contribution in [0.25, 0.3) is 5.70 Å². The topological polar surface area (TPSA) is 120 Å². The van der Waals surface area contributed by atoms with Gasteiger partial charge in [0, 0.05) is 20.3 Å². The average Bonchev–Trinajstić information content (AvgIpc) is 2.66.